The molecule has 0 aliphatic heterocycles. The van der Waals surface area contributed by atoms with Gasteiger partial charge < -0.3 is 0 Å². The molecule has 0 N–H and O–H groups in total. The topological polar surface area (TPSA) is 25.8 Å². The minimum Gasteiger partial charge on any atom is -0.228 e. The lowest BCUT2D eigenvalue weighted by atomic mass is 9.73. The first-order valence-electron chi connectivity index (χ1n) is 19.5. The van der Waals surface area contributed by atoms with Crippen molar-refractivity contribution in [2.24, 2.45) is 0 Å². The summed E-state index contributed by atoms with van der Waals surface area (Å²) in [7, 11) is 0. The molecule has 11 rings (SSSR count). The average molecular weight is 745 g/mol. The highest BCUT2D eigenvalue weighted by molar-refractivity contribution is 7.25. The highest BCUT2D eigenvalue weighted by atomic mass is 32.1. The van der Waals surface area contributed by atoms with Gasteiger partial charge in [-0.05, 0) is 87.3 Å². The highest BCUT2D eigenvalue weighted by Crippen LogP contribution is 2.52. The molecule has 3 heteroatoms. The van der Waals surface area contributed by atoms with Crippen molar-refractivity contribution in [1.82, 2.24) is 9.97 Å². The number of nitrogens with zero attached hydrogens (tertiary/aromatic N) is 2. The second kappa shape index (κ2) is 13.4. The van der Waals surface area contributed by atoms with Gasteiger partial charge in [0.1, 0.15) is 0 Å². The van der Waals surface area contributed by atoms with Crippen molar-refractivity contribution in [3.63, 3.8) is 0 Å². The molecule has 0 radical (unpaired) electrons. The van der Waals surface area contributed by atoms with Crippen LogP contribution in [0.1, 0.15) is 23.6 Å². The van der Waals surface area contributed by atoms with Crippen LogP contribution in [-0.4, -0.2) is 9.97 Å². The highest BCUT2D eigenvalue weighted by Gasteiger charge is 2.40. The lowest BCUT2D eigenvalue weighted by molar-refractivity contribution is 0.714. The molecule has 8 aromatic carbocycles. The number of fused-ring (bicyclic) bond motifs is 6. The molecule has 57 heavy (non-hydrogen) atoms. The largest absolute Gasteiger partial charge is 0.228 e. The first-order chi connectivity index (χ1) is 28.1. The number of benzene rings is 8. The van der Waals surface area contributed by atoms with Gasteiger partial charge in [-0.2, -0.15) is 0 Å². The van der Waals surface area contributed by atoms with Crippen LogP contribution in [0.25, 0.3) is 87.5 Å². The van der Waals surface area contributed by atoms with Gasteiger partial charge in [-0.15, -0.1) is 11.3 Å². The summed E-state index contributed by atoms with van der Waals surface area (Å²) in [5.74, 6) is 0.701. The van der Waals surface area contributed by atoms with Crippen molar-refractivity contribution in [3.05, 3.63) is 217 Å². The SMILES string of the molecule is CC1(c2cccc(-c3ccccc3-c3cc(-c4ccccc4-c4ccc5sc6ccccc6c5c4)nc(-c4ccccc4)n3)c2)c2ccccc2-c2ccccc21. The Labute approximate surface area is 336 Å². The third kappa shape index (κ3) is 5.46. The maximum absolute atomic E-state index is 5.32. The van der Waals surface area contributed by atoms with E-state index < -0.39 is 0 Å². The number of thiophene rings is 1. The molecule has 0 saturated heterocycles. The fourth-order valence-corrected chi connectivity index (χ4v) is 10.1. The van der Waals surface area contributed by atoms with Gasteiger partial charge in [0.25, 0.3) is 0 Å². The summed E-state index contributed by atoms with van der Waals surface area (Å²) in [5.41, 5.74) is 15.8. The minimum absolute atomic E-state index is 0.289. The first-order valence-corrected chi connectivity index (χ1v) is 20.3. The molecule has 0 spiro atoms. The van der Waals surface area contributed by atoms with Crippen LogP contribution in [0.15, 0.2) is 200 Å². The third-order valence-electron chi connectivity index (χ3n) is 11.8. The second-order valence-corrected chi connectivity index (χ2v) is 16.1. The Morgan fingerprint density at radius 1 is 0.368 bits per heavy atom. The molecule has 0 bridgehead atoms. The fourth-order valence-electron chi connectivity index (χ4n) is 9.01. The van der Waals surface area contributed by atoms with Gasteiger partial charge in [-0.3, -0.25) is 0 Å². The van der Waals surface area contributed by atoms with Crippen molar-refractivity contribution in [2.45, 2.75) is 12.3 Å². The van der Waals surface area contributed by atoms with E-state index in [4.69, 9.17) is 9.97 Å². The van der Waals surface area contributed by atoms with E-state index in [1.807, 2.05) is 17.4 Å². The smallest absolute Gasteiger partial charge is 0.160 e. The Balaban J connectivity index is 1.07. The van der Waals surface area contributed by atoms with E-state index in [-0.39, 0.29) is 5.41 Å². The summed E-state index contributed by atoms with van der Waals surface area (Å²) in [6, 6.07) is 72.2. The molecule has 0 fully saturated rings. The third-order valence-corrected chi connectivity index (χ3v) is 13.0. The van der Waals surface area contributed by atoms with E-state index in [2.05, 4.69) is 201 Å². The minimum atomic E-state index is -0.289. The van der Waals surface area contributed by atoms with E-state index in [1.54, 1.807) is 0 Å². The summed E-state index contributed by atoms with van der Waals surface area (Å²) in [6.07, 6.45) is 0. The molecular weight excluding hydrogens is 709 g/mol. The lowest BCUT2D eigenvalue weighted by Gasteiger charge is -2.29. The maximum Gasteiger partial charge on any atom is 0.160 e. The molecule has 1 aliphatic rings. The molecule has 0 atom stereocenters. The second-order valence-electron chi connectivity index (χ2n) is 15.0. The molecule has 10 aromatic rings. The molecule has 2 nitrogen and oxygen atoms in total. The molecular formula is C54H36N2S. The van der Waals surface area contributed by atoms with Crippen LogP contribution in [-0.2, 0) is 5.41 Å². The summed E-state index contributed by atoms with van der Waals surface area (Å²) in [5, 5.41) is 2.58. The van der Waals surface area contributed by atoms with E-state index in [0.29, 0.717) is 5.82 Å². The molecule has 0 unspecified atom stereocenters. The van der Waals surface area contributed by atoms with Crippen molar-refractivity contribution in [3.8, 4) is 67.3 Å². The molecule has 2 aromatic heterocycles. The zero-order valence-electron chi connectivity index (χ0n) is 31.4. The van der Waals surface area contributed by atoms with Gasteiger partial charge in [0, 0.05) is 42.3 Å². The van der Waals surface area contributed by atoms with Crippen LogP contribution < -0.4 is 0 Å². The number of hydrogen-bond acceptors (Lipinski definition) is 3. The van der Waals surface area contributed by atoms with Crippen LogP contribution in [0.3, 0.4) is 0 Å². The fraction of sp³-hybridized carbons (Fsp3) is 0.0370. The zero-order valence-corrected chi connectivity index (χ0v) is 32.2. The van der Waals surface area contributed by atoms with E-state index in [1.165, 1.54) is 53.6 Å². The quantitative estimate of drug-likeness (QED) is 0.169. The molecule has 1 aliphatic carbocycles. The number of rotatable bonds is 6. The normalized spacial score (nSPS) is 12.8. The Morgan fingerprint density at radius 3 is 1.54 bits per heavy atom. The van der Waals surface area contributed by atoms with Gasteiger partial charge in [-0.1, -0.05) is 170 Å². The molecule has 2 heterocycles. The predicted molar refractivity (Wildman–Crippen MR) is 240 cm³/mol. The van der Waals surface area contributed by atoms with Crippen LogP contribution >= 0.6 is 11.3 Å². The Bertz CT molecular complexity index is 3110. The van der Waals surface area contributed by atoms with Crippen LogP contribution in [0.4, 0.5) is 0 Å². The molecule has 0 saturated carbocycles. The summed E-state index contributed by atoms with van der Waals surface area (Å²) >= 11 is 1.85. The Hall–Kier alpha value is -6.94. The van der Waals surface area contributed by atoms with E-state index >= 15 is 0 Å². The van der Waals surface area contributed by atoms with Gasteiger partial charge in [0.05, 0.1) is 11.4 Å². The van der Waals surface area contributed by atoms with E-state index in [9.17, 15) is 0 Å². The molecule has 268 valence electrons. The maximum atomic E-state index is 5.32. The predicted octanol–water partition coefficient (Wildman–Crippen LogP) is 14.5. The van der Waals surface area contributed by atoms with Crippen molar-refractivity contribution < 1.29 is 0 Å². The summed E-state index contributed by atoms with van der Waals surface area (Å²) in [4.78, 5) is 10.6. The lowest BCUT2D eigenvalue weighted by Crippen LogP contribution is -2.22. The standard InChI is InChI=1S/C54H36N2S/c1-54(47-27-12-9-22-41(47)42-23-10-13-28-48(42)54)38-19-15-18-36(32-38)39-20-5-7-24-43(39)49-34-50(56-53(55-49)35-16-3-2-4-17-35)44-25-8-6-21-40(44)37-30-31-52-46(33-37)45-26-11-14-29-51(45)57-52/h2-34H,1H3. The van der Waals surface area contributed by atoms with Gasteiger partial charge in [-0.25, -0.2) is 9.97 Å². The number of aromatic nitrogens is 2. The van der Waals surface area contributed by atoms with Gasteiger partial charge in [0.15, 0.2) is 5.82 Å². The van der Waals surface area contributed by atoms with Gasteiger partial charge in [0.2, 0.25) is 0 Å². The van der Waals surface area contributed by atoms with Crippen molar-refractivity contribution >= 4 is 31.5 Å². The zero-order chi connectivity index (χ0) is 37.9. The summed E-state index contributed by atoms with van der Waals surface area (Å²) < 4.78 is 2.60. The first kappa shape index (κ1) is 33.4. The average Bonchev–Trinajstić information content (AvgIpc) is 3.79. The van der Waals surface area contributed by atoms with E-state index in [0.717, 1.165) is 44.8 Å². The number of hydrogen-bond donors (Lipinski definition) is 0. The monoisotopic (exact) mass is 744 g/mol. The Morgan fingerprint density at radius 2 is 0.877 bits per heavy atom. The van der Waals surface area contributed by atoms with Crippen LogP contribution in [0.5, 0.6) is 0 Å². The molecule has 0 amide bonds. The van der Waals surface area contributed by atoms with Crippen LogP contribution in [0, 0.1) is 0 Å². The van der Waals surface area contributed by atoms with Gasteiger partial charge >= 0.3 is 0 Å². The summed E-state index contributed by atoms with van der Waals surface area (Å²) in [6.45, 7) is 2.38. The van der Waals surface area contributed by atoms with Crippen molar-refractivity contribution in [1.29, 1.82) is 0 Å². The van der Waals surface area contributed by atoms with Crippen LogP contribution in [0.2, 0.25) is 0 Å². The van der Waals surface area contributed by atoms with Crippen molar-refractivity contribution in [2.75, 3.05) is 0 Å². The Kier molecular flexibility index (Phi) is 7.84.